The number of rotatable bonds is 7. The molecule has 1 aliphatic rings. The maximum atomic E-state index is 13.1. The average Bonchev–Trinajstić information content (AvgIpc) is 2.83. The lowest BCUT2D eigenvalue weighted by Gasteiger charge is -2.34. The third-order valence-electron chi connectivity index (χ3n) is 5.45. The van der Waals surface area contributed by atoms with Crippen molar-refractivity contribution in [1.82, 2.24) is 5.32 Å². The van der Waals surface area contributed by atoms with Gasteiger partial charge in [-0.25, -0.2) is 8.42 Å². The quantitative estimate of drug-likeness (QED) is 0.503. The Labute approximate surface area is 208 Å². The highest BCUT2D eigenvalue weighted by Gasteiger charge is 2.35. The molecule has 0 aromatic heterocycles. The second kappa shape index (κ2) is 10.4. The predicted octanol–water partition coefficient (Wildman–Crippen LogP) is 3.48. The predicted molar refractivity (Wildman–Crippen MR) is 136 cm³/mol. The first-order chi connectivity index (χ1) is 16.7. The molecule has 2 N–H and O–H groups in total. The second-order valence-electron chi connectivity index (χ2n) is 8.04. The summed E-state index contributed by atoms with van der Waals surface area (Å²) in [6, 6.07) is 20.9. The fourth-order valence-electron chi connectivity index (χ4n) is 3.74. The highest BCUT2D eigenvalue weighted by molar-refractivity contribution is 7.92. The summed E-state index contributed by atoms with van der Waals surface area (Å²) < 4.78 is 31.6. The Balaban J connectivity index is 1.47. The molecule has 182 valence electrons. The van der Waals surface area contributed by atoms with Crippen molar-refractivity contribution in [3.05, 3.63) is 88.9 Å². The van der Waals surface area contributed by atoms with Crippen LogP contribution in [0.25, 0.3) is 0 Å². The van der Waals surface area contributed by atoms with E-state index in [0.29, 0.717) is 23.7 Å². The first-order valence-electron chi connectivity index (χ1n) is 10.9. The van der Waals surface area contributed by atoms with Crippen LogP contribution in [0.1, 0.15) is 15.9 Å². The van der Waals surface area contributed by atoms with Crippen LogP contribution in [0.4, 0.5) is 11.4 Å². The number of nitrogens with one attached hydrogen (secondary N) is 2. The molecule has 1 aliphatic heterocycles. The third-order valence-corrected chi connectivity index (χ3v) is 6.84. The molecule has 0 saturated carbocycles. The van der Waals surface area contributed by atoms with Crippen molar-refractivity contribution in [3.63, 3.8) is 0 Å². The number of sulfonamides is 1. The molecule has 35 heavy (non-hydrogen) atoms. The van der Waals surface area contributed by atoms with Crippen LogP contribution >= 0.6 is 11.6 Å². The van der Waals surface area contributed by atoms with Gasteiger partial charge >= 0.3 is 0 Å². The summed E-state index contributed by atoms with van der Waals surface area (Å²) in [5, 5.41) is 5.92. The maximum Gasteiger partial charge on any atom is 0.267 e. The topological polar surface area (TPSA) is 105 Å². The van der Waals surface area contributed by atoms with Crippen LogP contribution in [0.2, 0.25) is 5.02 Å². The molecule has 0 bridgehead atoms. The number of amides is 2. The first kappa shape index (κ1) is 24.6. The Morgan fingerprint density at radius 1 is 1.06 bits per heavy atom. The molecule has 4 rings (SSSR count). The molecule has 0 radical (unpaired) electrons. The van der Waals surface area contributed by atoms with Crippen LogP contribution in [0, 0.1) is 0 Å². The lowest BCUT2D eigenvalue weighted by molar-refractivity contribution is -0.122. The minimum atomic E-state index is -3.70. The number of anilines is 2. The highest BCUT2D eigenvalue weighted by Crippen LogP contribution is 2.37. The zero-order valence-corrected chi connectivity index (χ0v) is 20.5. The molecule has 0 aliphatic carbocycles. The third kappa shape index (κ3) is 5.93. The van der Waals surface area contributed by atoms with Gasteiger partial charge in [0.05, 0.1) is 29.7 Å². The summed E-state index contributed by atoms with van der Waals surface area (Å²) in [4.78, 5) is 25.9. The second-order valence-corrected chi connectivity index (χ2v) is 10.4. The number of carbonyl (C=O) groups is 2. The van der Waals surface area contributed by atoms with E-state index in [1.165, 1.54) is 12.1 Å². The summed E-state index contributed by atoms with van der Waals surface area (Å²) in [5.41, 5.74) is 1.95. The molecule has 3 aromatic carbocycles. The van der Waals surface area contributed by atoms with Crippen molar-refractivity contribution in [1.29, 1.82) is 0 Å². The van der Waals surface area contributed by atoms with Crippen LogP contribution in [-0.4, -0.2) is 45.7 Å². The van der Waals surface area contributed by atoms with Gasteiger partial charge in [0.1, 0.15) is 5.75 Å². The van der Waals surface area contributed by atoms with E-state index in [4.69, 9.17) is 16.3 Å². The number of hydrogen-bond acceptors (Lipinski definition) is 5. The van der Waals surface area contributed by atoms with Gasteiger partial charge in [0, 0.05) is 11.6 Å². The van der Waals surface area contributed by atoms with Crippen molar-refractivity contribution < 1.29 is 22.7 Å². The van der Waals surface area contributed by atoms with Crippen LogP contribution in [0.15, 0.2) is 72.8 Å². The minimum Gasteiger partial charge on any atom is -0.476 e. The normalized spacial score (nSPS) is 15.0. The van der Waals surface area contributed by atoms with Gasteiger partial charge in [0.15, 0.2) is 6.10 Å². The highest BCUT2D eigenvalue weighted by atomic mass is 35.5. The van der Waals surface area contributed by atoms with E-state index >= 15 is 0 Å². The zero-order valence-electron chi connectivity index (χ0n) is 18.9. The summed E-state index contributed by atoms with van der Waals surface area (Å²) in [6.45, 7) is 0.197. The van der Waals surface area contributed by atoms with E-state index in [-0.39, 0.29) is 29.5 Å². The van der Waals surface area contributed by atoms with Gasteiger partial charge in [-0.3, -0.25) is 13.9 Å². The SMILES string of the molecule is CS(=O)(=O)N1C[C@H](C(=O)Nc2ccccc2C(=O)NCCc2ccccc2)Oc2ccc(Cl)cc21. The number of nitrogens with zero attached hydrogens (tertiary/aromatic N) is 1. The summed E-state index contributed by atoms with van der Waals surface area (Å²) in [5.74, 6) is -0.693. The van der Waals surface area contributed by atoms with E-state index in [1.807, 2.05) is 30.3 Å². The smallest absolute Gasteiger partial charge is 0.267 e. The molecule has 0 spiro atoms. The van der Waals surface area contributed by atoms with Crippen molar-refractivity contribution in [2.75, 3.05) is 29.0 Å². The molecule has 0 saturated heterocycles. The van der Waals surface area contributed by atoms with Gasteiger partial charge in [0.2, 0.25) is 10.0 Å². The Bertz CT molecular complexity index is 1350. The monoisotopic (exact) mass is 513 g/mol. The van der Waals surface area contributed by atoms with Gasteiger partial charge in [-0.15, -0.1) is 0 Å². The Hall–Kier alpha value is -3.56. The van der Waals surface area contributed by atoms with Crippen molar-refractivity contribution in [3.8, 4) is 5.75 Å². The van der Waals surface area contributed by atoms with Crippen LogP contribution < -0.4 is 19.7 Å². The van der Waals surface area contributed by atoms with E-state index in [9.17, 15) is 18.0 Å². The van der Waals surface area contributed by atoms with Gasteiger partial charge in [-0.1, -0.05) is 54.1 Å². The van der Waals surface area contributed by atoms with Gasteiger partial charge in [-0.2, -0.15) is 0 Å². The molecule has 0 unspecified atom stereocenters. The molecular formula is C25H24ClN3O5S. The largest absolute Gasteiger partial charge is 0.476 e. The van der Waals surface area contributed by atoms with Gasteiger partial charge < -0.3 is 15.4 Å². The first-order valence-corrected chi connectivity index (χ1v) is 13.1. The van der Waals surface area contributed by atoms with Crippen molar-refractivity contribution >= 4 is 44.8 Å². The molecule has 8 nitrogen and oxygen atoms in total. The lowest BCUT2D eigenvalue weighted by atomic mass is 10.1. The molecule has 10 heteroatoms. The zero-order chi connectivity index (χ0) is 25.0. The maximum absolute atomic E-state index is 13.1. The molecule has 1 atom stereocenters. The van der Waals surface area contributed by atoms with E-state index in [0.717, 1.165) is 16.1 Å². The fraction of sp³-hybridized carbons (Fsp3) is 0.200. The van der Waals surface area contributed by atoms with Gasteiger partial charge in [-0.05, 0) is 42.3 Å². The Morgan fingerprint density at radius 3 is 2.51 bits per heavy atom. The summed E-state index contributed by atoms with van der Waals surface area (Å²) in [6.07, 6.45) is 0.585. The molecule has 1 heterocycles. The number of halogens is 1. The number of fused-ring (bicyclic) bond motifs is 1. The Morgan fingerprint density at radius 2 is 1.77 bits per heavy atom. The minimum absolute atomic E-state index is 0.221. The van der Waals surface area contributed by atoms with Crippen LogP contribution in [0.5, 0.6) is 5.75 Å². The number of benzene rings is 3. The molecule has 3 aromatic rings. The molecule has 0 fully saturated rings. The number of carbonyl (C=O) groups excluding carboxylic acids is 2. The lowest BCUT2D eigenvalue weighted by Crippen LogP contribution is -2.48. The number of ether oxygens (including phenoxy) is 1. The number of hydrogen-bond donors (Lipinski definition) is 2. The fourth-order valence-corrected chi connectivity index (χ4v) is 4.81. The number of para-hydroxylation sites is 1. The van der Waals surface area contributed by atoms with E-state index in [2.05, 4.69) is 10.6 Å². The van der Waals surface area contributed by atoms with E-state index < -0.39 is 22.0 Å². The Kier molecular flexibility index (Phi) is 7.28. The molecular weight excluding hydrogens is 490 g/mol. The standard InChI is InChI=1S/C25H24ClN3O5S/c1-35(32,33)29-16-23(34-22-12-11-18(26)15-21(22)29)25(31)28-20-10-6-5-9-19(20)24(30)27-14-13-17-7-3-2-4-8-17/h2-12,15,23H,13-14,16H2,1H3,(H,27,30)(H,28,31)/t23-/m1/s1. The summed E-state index contributed by atoms with van der Waals surface area (Å²) in [7, 11) is -3.70. The van der Waals surface area contributed by atoms with Gasteiger partial charge in [0.25, 0.3) is 11.8 Å². The van der Waals surface area contributed by atoms with E-state index in [1.54, 1.807) is 30.3 Å². The molecule has 2 amide bonds. The summed E-state index contributed by atoms with van der Waals surface area (Å²) >= 11 is 6.02. The van der Waals surface area contributed by atoms with Crippen LogP contribution in [0.3, 0.4) is 0 Å². The van der Waals surface area contributed by atoms with Crippen molar-refractivity contribution in [2.24, 2.45) is 0 Å². The van der Waals surface area contributed by atoms with Crippen molar-refractivity contribution in [2.45, 2.75) is 12.5 Å². The van der Waals surface area contributed by atoms with Crippen LogP contribution in [-0.2, 0) is 21.2 Å². The average molecular weight is 514 g/mol.